The van der Waals surface area contributed by atoms with E-state index in [1.54, 1.807) is 0 Å². The molecule has 0 bridgehead atoms. The molecule has 12 nitrogen and oxygen atoms in total. The third-order valence-corrected chi connectivity index (χ3v) is 9.00. The fourth-order valence-electron chi connectivity index (χ4n) is 0.132. The van der Waals surface area contributed by atoms with Crippen LogP contribution in [0.2, 0.25) is 0 Å². The van der Waals surface area contributed by atoms with E-state index in [1.165, 1.54) is 0 Å². The van der Waals surface area contributed by atoms with Crippen molar-refractivity contribution in [2.75, 3.05) is 0 Å². The molecule has 0 fully saturated rings. The molecule has 0 aromatic carbocycles. The molecule has 2 radical (unpaired) electrons. The van der Waals surface area contributed by atoms with Gasteiger partial charge in [-0.15, -0.1) is 0 Å². The summed E-state index contributed by atoms with van der Waals surface area (Å²) in [6.07, 6.45) is 0. The Morgan fingerprint density at radius 3 is 1.15 bits per heavy atom. The minimum atomic E-state index is -1.94. The molecule has 0 unspecified atom stereocenters. The van der Waals surface area contributed by atoms with E-state index in [0.29, 0.717) is 0 Å². The van der Waals surface area contributed by atoms with E-state index in [4.69, 9.17) is 12.5 Å². The van der Waals surface area contributed by atoms with Crippen LogP contribution in [-0.4, -0.2) is 111 Å². The summed E-state index contributed by atoms with van der Waals surface area (Å²) >= 11 is -9.37. The monoisotopic (exact) mass is 1020 g/mol. The average molecular weight is 1020 g/mol. The van der Waals surface area contributed by atoms with Gasteiger partial charge in [0.25, 0.3) is 0 Å². The van der Waals surface area contributed by atoms with E-state index in [2.05, 4.69) is 4.64 Å². The van der Waals surface area contributed by atoms with Crippen LogP contribution in [-0.2, 0) is 18.7 Å². The van der Waals surface area contributed by atoms with Gasteiger partial charge in [0, 0.05) is 79.9 Å². The zero-order chi connectivity index (χ0) is 12.4. The first kappa shape index (κ1) is 50.0. The van der Waals surface area contributed by atoms with Crippen molar-refractivity contribution in [3.05, 3.63) is 0 Å². The quantitative estimate of drug-likeness (QED) is 0.190. The molecule has 119 valence electrons. The summed E-state index contributed by atoms with van der Waals surface area (Å²) in [7, 11) is 0. The molecule has 0 spiro atoms. The Morgan fingerprint density at radius 1 is 0.800 bits per heavy atom. The van der Waals surface area contributed by atoms with Crippen molar-refractivity contribution in [1.29, 1.82) is 0 Å². The van der Waals surface area contributed by atoms with Gasteiger partial charge in [-0.25, -0.2) is 0 Å². The molecule has 8 N–H and O–H groups in total. The van der Waals surface area contributed by atoms with Gasteiger partial charge in [-0.1, -0.05) is 0 Å². The molecule has 20 heavy (non-hydrogen) atoms. The Labute approximate surface area is 240 Å². The van der Waals surface area contributed by atoms with Crippen molar-refractivity contribution in [2.24, 2.45) is 0 Å². The van der Waals surface area contributed by atoms with Crippen molar-refractivity contribution in [2.45, 2.75) is 0 Å². The predicted molar refractivity (Wildman–Crippen MR) is 50.1 cm³/mol. The van der Waals surface area contributed by atoms with E-state index in [9.17, 15) is 7.08 Å². The minimum absolute atomic E-state index is 0. The summed E-state index contributed by atoms with van der Waals surface area (Å²) in [5, 5.41) is 0. The van der Waals surface area contributed by atoms with Crippen LogP contribution in [0.25, 0.3) is 0 Å². The number of hydrogen-bond acceptors (Lipinski definition) is 7. The average Bonchev–Trinajstić information content (AvgIpc) is 2.20. The summed E-state index contributed by atoms with van der Waals surface area (Å²) in [5.74, 6) is 0. The number of hydrogen-bond donors (Lipinski definition) is 2. The Bertz CT molecular complexity index is 142. The van der Waals surface area contributed by atoms with E-state index in [0.717, 1.165) is 0 Å². The van der Waals surface area contributed by atoms with Gasteiger partial charge < -0.3 is 16.4 Å². The summed E-state index contributed by atoms with van der Waals surface area (Å²) in [5.41, 5.74) is 0. The molecule has 0 heterocycles. The second kappa shape index (κ2) is 64.3. The molecule has 0 saturated carbocycles. The molecule has 0 aliphatic carbocycles. The molecular formula is H8Ga5Gd3O12. The normalized spacial score (nSPS) is 4.05. The Hall–Kier alpha value is 5.56. The van der Waals surface area contributed by atoms with Crippen LogP contribution in [0, 0.1) is 116 Å². The summed E-state index contributed by atoms with van der Waals surface area (Å²) in [6, 6.07) is 0. The van der Waals surface area contributed by atoms with Gasteiger partial charge in [-0.3, -0.25) is 0 Å². The zero-order valence-corrected chi connectivity index (χ0v) is 28.1. The zero-order valence-electron chi connectivity index (χ0n) is 9.20. The molecule has 0 rings (SSSR count). The van der Waals surface area contributed by atoms with Gasteiger partial charge in [0.15, 0.2) is 0 Å². The first-order valence-corrected chi connectivity index (χ1v) is 14.6. The Morgan fingerprint density at radius 2 is 1.00 bits per heavy atom. The predicted octanol–water partition coefficient (Wildman–Crippen LogP) is -6.17. The molecule has 0 atom stereocenters. The van der Waals surface area contributed by atoms with Crippen molar-refractivity contribution in [3.8, 4) is 0 Å². The number of rotatable bonds is 6. The van der Waals surface area contributed by atoms with Crippen molar-refractivity contribution in [3.63, 3.8) is 0 Å². The van der Waals surface area contributed by atoms with Gasteiger partial charge in [0.05, 0.1) is 0 Å². The van der Waals surface area contributed by atoms with Crippen LogP contribution >= 0.6 is 0 Å². The molecule has 20 heteroatoms. The van der Waals surface area contributed by atoms with Crippen molar-refractivity contribution < 1.29 is 157 Å². The topological polar surface area (TPSA) is 231 Å². The summed E-state index contributed by atoms with van der Waals surface area (Å²) in [4.78, 5) is 0. The molecule has 0 aliphatic rings. The second-order valence-electron chi connectivity index (χ2n) is 0.963. The van der Waals surface area contributed by atoms with Crippen molar-refractivity contribution >= 4 is 89.5 Å². The first-order chi connectivity index (χ1) is 7.24. The van der Waals surface area contributed by atoms with Crippen LogP contribution < -0.4 is 0 Å². The van der Waals surface area contributed by atoms with Gasteiger partial charge in [0.1, 0.15) is 0 Å². The second-order valence-corrected chi connectivity index (χ2v) is 14.0. The molecular weight excluding hydrogens is 1010 g/mol. The standard InChI is InChI=1S/5Ga.3Gd.5H2O.7O/h;;;;;;;;5*1H2;;;;;;;/q;;;;+1;;;+1;;;;;;;;;;;;/p-2. The van der Waals surface area contributed by atoms with Crippen LogP contribution in [0.3, 0.4) is 0 Å². The maximum atomic E-state index is 9.78. The van der Waals surface area contributed by atoms with Gasteiger partial charge in [-0.05, 0) is 0 Å². The van der Waals surface area contributed by atoms with Crippen molar-refractivity contribution in [1.82, 2.24) is 0 Å². The third-order valence-electron chi connectivity index (χ3n) is 0.333. The van der Waals surface area contributed by atoms with E-state index >= 15 is 0 Å². The fraction of sp³-hybridized carbons (Fsp3) is 0. The Kier molecular flexibility index (Phi) is 161. The van der Waals surface area contributed by atoms with Gasteiger partial charge in [-0.2, -0.15) is 0 Å². The summed E-state index contributed by atoms with van der Waals surface area (Å²) in [6.45, 7) is 0. The van der Waals surface area contributed by atoms with Gasteiger partial charge >= 0.3 is 150 Å². The van der Waals surface area contributed by atoms with Crippen LogP contribution in [0.1, 0.15) is 0 Å². The molecule has 0 amide bonds. The third kappa shape index (κ3) is 89.7. The maximum absolute atomic E-state index is 9.78. The van der Waals surface area contributed by atoms with Crippen LogP contribution in [0.5, 0.6) is 0 Å². The Balaban J connectivity index is -0.0000000193. The van der Waals surface area contributed by atoms with E-state index in [-0.39, 0.29) is 96.3 Å². The first-order valence-electron chi connectivity index (χ1n) is 2.68. The van der Waals surface area contributed by atoms with E-state index < -0.39 is 126 Å². The van der Waals surface area contributed by atoms with Crippen LogP contribution in [0.15, 0.2) is 0 Å². The van der Waals surface area contributed by atoms with E-state index in [1.807, 2.05) is 0 Å². The molecule has 0 aromatic rings. The summed E-state index contributed by atoms with van der Waals surface area (Å²) < 4.78 is 65.2. The fourth-order valence-corrected chi connectivity index (χ4v) is 10.8. The molecule has 0 aliphatic heterocycles. The SMILES string of the molecule is O.O.O.[Gd].[Gd].[O]=[Ga][OH].[O]=[Ga][O][Ga][O][Ga][O][Ga]=[O].[O]=[Gd][OH]. The van der Waals surface area contributed by atoms with Gasteiger partial charge in [0.2, 0.25) is 0 Å². The molecule has 0 aromatic heterocycles. The molecule has 0 saturated heterocycles. The van der Waals surface area contributed by atoms with Crippen LogP contribution in [0.4, 0.5) is 0 Å².